The van der Waals surface area contributed by atoms with Crippen molar-refractivity contribution in [1.29, 1.82) is 0 Å². The van der Waals surface area contributed by atoms with E-state index in [2.05, 4.69) is 15.4 Å². The number of benzene rings is 1. The molecule has 1 heterocycles. The number of fused-ring (bicyclic) bond motifs is 1. The van der Waals surface area contributed by atoms with Crippen LogP contribution in [0.4, 0.5) is 0 Å². The van der Waals surface area contributed by atoms with E-state index in [0.717, 1.165) is 11.0 Å². The van der Waals surface area contributed by atoms with Crippen LogP contribution in [-0.2, 0) is 9.84 Å². The van der Waals surface area contributed by atoms with Crippen molar-refractivity contribution in [3.8, 4) is 0 Å². The maximum atomic E-state index is 10.5. The number of para-hydroxylation sites is 2. The average molecular weight is 273 g/mol. The highest BCUT2D eigenvalue weighted by atomic mass is 32.2. The number of H-pyrrole nitrogens is 1. The number of aromatic amines is 1. The highest BCUT2D eigenvalue weighted by molar-refractivity contribution is 7.91. The van der Waals surface area contributed by atoms with E-state index in [1.165, 1.54) is 0 Å². The first kappa shape index (κ1) is 14.6. The minimum atomic E-state index is -3.18. The van der Waals surface area contributed by atoms with E-state index >= 15 is 0 Å². The molecule has 0 radical (unpaired) electrons. The lowest BCUT2D eigenvalue weighted by Gasteiger charge is -1.96. The smallest absolute Gasteiger partial charge is 0.154 e. The molecule has 1 aromatic carbocycles. The Morgan fingerprint density at radius 3 is 1.83 bits per heavy atom. The van der Waals surface area contributed by atoms with Crippen molar-refractivity contribution >= 4 is 20.9 Å². The van der Waals surface area contributed by atoms with Crippen LogP contribution >= 0.6 is 0 Å². The Morgan fingerprint density at radius 1 is 1.00 bits per heavy atom. The number of aromatic nitrogens is 3. The van der Waals surface area contributed by atoms with Crippen molar-refractivity contribution in [3.05, 3.63) is 24.3 Å². The largest absolute Gasteiger partial charge is 0.395 e. The molecule has 0 unspecified atom stereocenters. The van der Waals surface area contributed by atoms with Crippen molar-refractivity contribution < 1.29 is 18.6 Å². The summed E-state index contributed by atoms with van der Waals surface area (Å²) < 4.78 is 21.0. The van der Waals surface area contributed by atoms with Gasteiger partial charge in [-0.25, -0.2) is 8.42 Å². The quantitative estimate of drug-likeness (QED) is 0.681. The van der Waals surface area contributed by atoms with Crippen LogP contribution in [-0.4, -0.2) is 58.8 Å². The molecule has 0 aliphatic heterocycles. The van der Waals surface area contributed by atoms with Gasteiger partial charge < -0.3 is 10.2 Å². The van der Waals surface area contributed by atoms with E-state index in [9.17, 15) is 8.42 Å². The van der Waals surface area contributed by atoms with Gasteiger partial charge in [0.15, 0.2) is 9.84 Å². The number of rotatable bonds is 4. The minimum absolute atomic E-state index is 0.256. The van der Waals surface area contributed by atoms with Crippen LogP contribution < -0.4 is 0 Å². The topological polar surface area (TPSA) is 116 Å². The Labute approximate surface area is 104 Å². The third-order valence-corrected chi connectivity index (χ3v) is 3.64. The first-order valence-corrected chi connectivity index (χ1v) is 7.09. The Kier molecular flexibility index (Phi) is 5.69. The maximum Gasteiger partial charge on any atom is 0.154 e. The lowest BCUT2D eigenvalue weighted by Crippen LogP contribution is -2.15. The zero-order valence-corrected chi connectivity index (χ0v) is 10.5. The van der Waals surface area contributed by atoms with Crippen LogP contribution in [0.3, 0.4) is 0 Å². The molecular formula is C10H15N3O4S. The number of aliphatic hydroxyl groups excluding tert-OH is 2. The molecule has 1 aromatic heterocycles. The van der Waals surface area contributed by atoms with Gasteiger partial charge in [-0.15, -0.1) is 0 Å². The van der Waals surface area contributed by atoms with Gasteiger partial charge in [-0.2, -0.15) is 15.4 Å². The number of sulfone groups is 1. The summed E-state index contributed by atoms with van der Waals surface area (Å²) in [4.78, 5) is 0. The molecule has 2 aromatic rings. The predicted octanol–water partition coefficient (Wildman–Crippen LogP) is -0.656. The van der Waals surface area contributed by atoms with E-state index in [1.54, 1.807) is 0 Å². The fourth-order valence-corrected chi connectivity index (χ4v) is 1.93. The molecule has 0 atom stereocenters. The summed E-state index contributed by atoms with van der Waals surface area (Å²) in [6.45, 7) is -0.745. The van der Waals surface area contributed by atoms with E-state index in [0.29, 0.717) is 0 Å². The fraction of sp³-hybridized carbons (Fsp3) is 0.400. The zero-order chi connectivity index (χ0) is 13.4. The molecule has 0 amide bonds. The summed E-state index contributed by atoms with van der Waals surface area (Å²) in [6.07, 6.45) is 0. The lowest BCUT2D eigenvalue weighted by atomic mass is 10.3. The summed E-state index contributed by atoms with van der Waals surface area (Å²) in [7, 11) is -3.18. The van der Waals surface area contributed by atoms with Gasteiger partial charge in [0.25, 0.3) is 0 Å². The SMILES string of the molecule is O=S(=O)(CCO)CCO.c1ccc2n[nH]nc2c1. The molecular weight excluding hydrogens is 258 g/mol. The van der Waals surface area contributed by atoms with Gasteiger partial charge in [-0.05, 0) is 12.1 Å². The molecule has 0 spiro atoms. The number of hydrogen-bond donors (Lipinski definition) is 3. The molecule has 3 N–H and O–H groups in total. The van der Waals surface area contributed by atoms with Gasteiger partial charge in [0, 0.05) is 0 Å². The van der Waals surface area contributed by atoms with Crippen molar-refractivity contribution in [1.82, 2.24) is 15.4 Å². The van der Waals surface area contributed by atoms with E-state index < -0.39 is 9.84 Å². The number of nitrogens with one attached hydrogen (secondary N) is 1. The molecule has 0 saturated carbocycles. The Balaban J connectivity index is 0.000000180. The number of aliphatic hydroxyl groups is 2. The van der Waals surface area contributed by atoms with E-state index in [1.807, 2.05) is 24.3 Å². The predicted molar refractivity (Wildman–Crippen MR) is 66.7 cm³/mol. The zero-order valence-electron chi connectivity index (χ0n) is 9.65. The summed E-state index contributed by atoms with van der Waals surface area (Å²) >= 11 is 0. The normalized spacial score (nSPS) is 11.0. The average Bonchev–Trinajstić information content (AvgIpc) is 2.77. The van der Waals surface area contributed by atoms with Crippen LogP contribution in [0.5, 0.6) is 0 Å². The van der Waals surface area contributed by atoms with Crippen LogP contribution in [0.1, 0.15) is 0 Å². The number of hydrogen-bond acceptors (Lipinski definition) is 6. The first-order valence-electron chi connectivity index (χ1n) is 5.26. The monoisotopic (exact) mass is 273 g/mol. The Bertz CT molecular complexity index is 525. The lowest BCUT2D eigenvalue weighted by molar-refractivity contribution is 0.312. The summed E-state index contributed by atoms with van der Waals surface area (Å²) in [5.41, 5.74) is 1.83. The summed E-state index contributed by atoms with van der Waals surface area (Å²) in [5.74, 6) is -0.513. The molecule has 0 saturated heterocycles. The van der Waals surface area contributed by atoms with Crippen LogP contribution in [0.15, 0.2) is 24.3 Å². The van der Waals surface area contributed by atoms with Gasteiger partial charge in [-0.1, -0.05) is 12.1 Å². The van der Waals surface area contributed by atoms with Crippen molar-refractivity contribution in [2.24, 2.45) is 0 Å². The van der Waals surface area contributed by atoms with Crippen LogP contribution in [0.2, 0.25) is 0 Å². The number of nitrogens with zero attached hydrogens (tertiary/aromatic N) is 2. The Morgan fingerprint density at radius 2 is 1.44 bits per heavy atom. The third kappa shape index (κ3) is 4.78. The summed E-state index contributed by atoms with van der Waals surface area (Å²) in [5, 5.41) is 26.6. The molecule has 0 aliphatic carbocycles. The molecule has 2 rings (SSSR count). The van der Waals surface area contributed by atoms with Crippen molar-refractivity contribution in [2.75, 3.05) is 24.7 Å². The second-order valence-corrected chi connectivity index (χ2v) is 5.71. The van der Waals surface area contributed by atoms with Gasteiger partial charge in [-0.3, -0.25) is 0 Å². The summed E-state index contributed by atoms with van der Waals surface area (Å²) in [6, 6.07) is 7.70. The third-order valence-electron chi connectivity index (χ3n) is 2.03. The van der Waals surface area contributed by atoms with Gasteiger partial charge in [0.05, 0.1) is 24.7 Å². The Hall–Kier alpha value is -1.51. The van der Waals surface area contributed by atoms with Crippen LogP contribution in [0.25, 0.3) is 11.0 Å². The molecule has 8 heteroatoms. The van der Waals surface area contributed by atoms with Crippen molar-refractivity contribution in [3.63, 3.8) is 0 Å². The fourth-order valence-electron chi connectivity index (χ4n) is 1.17. The standard InChI is InChI=1S/C6H5N3.C4H10O4S/c1-2-4-6-5(3-1)7-9-8-6;5-1-3-9(7,8)4-2-6/h1-4H,(H,7,8,9);5-6H,1-4H2. The molecule has 0 fully saturated rings. The van der Waals surface area contributed by atoms with E-state index in [-0.39, 0.29) is 24.7 Å². The van der Waals surface area contributed by atoms with Crippen molar-refractivity contribution in [2.45, 2.75) is 0 Å². The minimum Gasteiger partial charge on any atom is -0.395 e. The highest BCUT2D eigenvalue weighted by Crippen LogP contribution is 2.03. The van der Waals surface area contributed by atoms with E-state index in [4.69, 9.17) is 10.2 Å². The van der Waals surface area contributed by atoms with Gasteiger partial charge in [0.1, 0.15) is 11.0 Å². The molecule has 0 bridgehead atoms. The second kappa shape index (κ2) is 7.04. The van der Waals surface area contributed by atoms with Crippen LogP contribution in [0, 0.1) is 0 Å². The molecule has 18 heavy (non-hydrogen) atoms. The molecule has 7 nitrogen and oxygen atoms in total. The molecule has 0 aliphatic rings. The molecule has 100 valence electrons. The highest BCUT2D eigenvalue weighted by Gasteiger charge is 2.06. The second-order valence-electron chi connectivity index (χ2n) is 3.41. The maximum absolute atomic E-state index is 10.5. The van der Waals surface area contributed by atoms with Gasteiger partial charge >= 0.3 is 0 Å². The van der Waals surface area contributed by atoms with Gasteiger partial charge in [0.2, 0.25) is 0 Å². The first-order chi connectivity index (χ1) is 8.59.